The van der Waals surface area contributed by atoms with E-state index in [0.29, 0.717) is 30.0 Å². The number of rotatable bonds is 3. The first-order valence-corrected chi connectivity index (χ1v) is 11.0. The molecule has 0 spiro atoms. The molecular weight excluding hydrogens is 396 g/mol. The first-order valence-electron chi connectivity index (χ1n) is 11.0. The van der Waals surface area contributed by atoms with E-state index in [4.69, 9.17) is 0 Å². The lowest BCUT2D eigenvalue weighted by Gasteiger charge is -2.31. The third-order valence-electron chi connectivity index (χ3n) is 6.56. The van der Waals surface area contributed by atoms with E-state index in [1.807, 2.05) is 62.4 Å². The van der Waals surface area contributed by atoms with Crippen molar-refractivity contribution in [2.45, 2.75) is 33.7 Å². The number of aryl methyl sites for hydroxylation is 3. The zero-order chi connectivity index (χ0) is 22.4. The van der Waals surface area contributed by atoms with Crippen LogP contribution in [0.2, 0.25) is 0 Å². The molecule has 2 aliphatic rings. The van der Waals surface area contributed by atoms with Crippen LogP contribution in [0, 0.1) is 20.8 Å². The summed E-state index contributed by atoms with van der Waals surface area (Å²) in [5, 5.41) is 0. The number of nitrogens with zero attached hydrogens (tertiary/aromatic N) is 2. The molecule has 0 radical (unpaired) electrons. The molecule has 0 aromatic heterocycles. The van der Waals surface area contributed by atoms with Gasteiger partial charge in [-0.05, 0) is 72.7 Å². The highest BCUT2D eigenvalue weighted by Gasteiger charge is 2.43. The van der Waals surface area contributed by atoms with E-state index in [0.717, 1.165) is 28.7 Å². The van der Waals surface area contributed by atoms with Crippen LogP contribution in [-0.2, 0) is 22.6 Å². The molecule has 0 bridgehead atoms. The second-order valence-corrected chi connectivity index (χ2v) is 8.75. The zero-order valence-corrected chi connectivity index (χ0v) is 18.7. The van der Waals surface area contributed by atoms with Crippen molar-refractivity contribution in [1.82, 2.24) is 4.90 Å². The Morgan fingerprint density at radius 1 is 0.750 bits per heavy atom. The number of anilines is 1. The highest BCUT2D eigenvalue weighted by Crippen LogP contribution is 2.37. The maximum absolute atomic E-state index is 13.8. The fourth-order valence-electron chi connectivity index (χ4n) is 4.66. The largest absolute Gasteiger partial charge is 0.362 e. The van der Waals surface area contributed by atoms with Crippen LogP contribution < -0.4 is 4.90 Å². The Labute approximate surface area is 188 Å². The smallest absolute Gasteiger partial charge is 0.282 e. The molecule has 4 heteroatoms. The minimum atomic E-state index is -0.252. The van der Waals surface area contributed by atoms with Crippen LogP contribution >= 0.6 is 0 Å². The molecule has 2 amide bonds. The van der Waals surface area contributed by atoms with E-state index < -0.39 is 0 Å². The Morgan fingerprint density at radius 2 is 1.53 bits per heavy atom. The van der Waals surface area contributed by atoms with Gasteiger partial charge in [0.1, 0.15) is 5.70 Å². The van der Waals surface area contributed by atoms with Crippen molar-refractivity contribution in [2.24, 2.45) is 0 Å². The first-order chi connectivity index (χ1) is 15.4. The number of hydrogen-bond acceptors (Lipinski definition) is 3. The molecule has 0 fully saturated rings. The topological polar surface area (TPSA) is 40.6 Å². The number of amides is 2. The first kappa shape index (κ1) is 20.3. The van der Waals surface area contributed by atoms with Crippen molar-refractivity contribution in [2.75, 3.05) is 11.4 Å². The van der Waals surface area contributed by atoms with Gasteiger partial charge in [-0.15, -0.1) is 0 Å². The monoisotopic (exact) mass is 422 g/mol. The number of carbonyl (C=O) groups excluding carboxylic acids is 2. The predicted molar refractivity (Wildman–Crippen MR) is 127 cm³/mol. The Bertz CT molecular complexity index is 1290. The van der Waals surface area contributed by atoms with Gasteiger partial charge in [-0.3, -0.25) is 9.59 Å². The minimum Gasteiger partial charge on any atom is -0.362 e. The molecule has 0 aliphatic carbocycles. The lowest BCUT2D eigenvalue weighted by molar-refractivity contribution is -0.120. The molecule has 32 heavy (non-hydrogen) atoms. The van der Waals surface area contributed by atoms with Gasteiger partial charge in [0.2, 0.25) is 0 Å². The van der Waals surface area contributed by atoms with Crippen LogP contribution in [0.1, 0.15) is 33.4 Å². The Balaban J connectivity index is 1.64. The number of hydrogen-bond donors (Lipinski definition) is 0. The fraction of sp³-hybridized carbons (Fsp3) is 0.214. The molecule has 3 aromatic rings. The fourth-order valence-corrected chi connectivity index (χ4v) is 4.66. The normalized spacial score (nSPS) is 16.1. The molecule has 0 saturated heterocycles. The molecular formula is C28H26N2O2. The Morgan fingerprint density at radius 3 is 2.28 bits per heavy atom. The van der Waals surface area contributed by atoms with Gasteiger partial charge in [-0.25, -0.2) is 4.90 Å². The van der Waals surface area contributed by atoms with Crippen molar-refractivity contribution >= 4 is 23.1 Å². The maximum atomic E-state index is 13.8. The van der Waals surface area contributed by atoms with Gasteiger partial charge < -0.3 is 4.90 Å². The summed E-state index contributed by atoms with van der Waals surface area (Å²) in [5.41, 5.74) is 8.22. The van der Waals surface area contributed by atoms with Gasteiger partial charge in [0.15, 0.2) is 0 Å². The molecule has 160 valence electrons. The lowest BCUT2D eigenvalue weighted by Crippen LogP contribution is -2.37. The summed E-state index contributed by atoms with van der Waals surface area (Å²) in [6.45, 7) is 7.39. The van der Waals surface area contributed by atoms with E-state index >= 15 is 0 Å². The van der Waals surface area contributed by atoms with E-state index in [-0.39, 0.29) is 11.8 Å². The van der Waals surface area contributed by atoms with Gasteiger partial charge >= 0.3 is 0 Å². The third kappa shape index (κ3) is 3.32. The standard InChI is InChI=1S/C28H26N2O2/c1-18-7-6-10-24(15-18)30-27(31)25(22-12-11-19(2)20(3)16-22)26(28(30)32)29-14-13-21-8-4-5-9-23(21)17-29/h4-12,15-16H,13-14,17H2,1-3H3. The molecule has 2 aliphatic heterocycles. The van der Waals surface area contributed by atoms with Crippen molar-refractivity contribution in [3.05, 3.63) is 106 Å². The molecule has 3 aromatic carbocycles. The van der Waals surface area contributed by atoms with Gasteiger partial charge in [0, 0.05) is 13.1 Å². The number of fused-ring (bicyclic) bond motifs is 1. The maximum Gasteiger partial charge on any atom is 0.282 e. The van der Waals surface area contributed by atoms with Crippen LogP contribution in [0.25, 0.3) is 5.57 Å². The highest BCUT2D eigenvalue weighted by molar-refractivity contribution is 6.45. The quantitative estimate of drug-likeness (QED) is 0.561. The molecule has 4 nitrogen and oxygen atoms in total. The number of benzene rings is 3. The summed E-state index contributed by atoms with van der Waals surface area (Å²) in [4.78, 5) is 31.0. The molecule has 0 atom stereocenters. The van der Waals surface area contributed by atoms with Crippen molar-refractivity contribution < 1.29 is 9.59 Å². The zero-order valence-electron chi connectivity index (χ0n) is 18.7. The van der Waals surface area contributed by atoms with E-state index in [1.165, 1.54) is 16.0 Å². The summed E-state index contributed by atoms with van der Waals surface area (Å²) < 4.78 is 0. The number of imide groups is 1. The van der Waals surface area contributed by atoms with Crippen molar-refractivity contribution in [3.63, 3.8) is 0 Å². The van der Waals surface area contributed by atoms with Gasteiger partial charge in [-0.2, -0.15) is 0 Å². The van der Waals surface area contributed by atoms with Crippen molar-refractivity contribution in [1.29, 1.82) is 0 Å². The van der Waals surface area contributed by atoms with E-state index in [1.54, 1.807) is 0 Å². The molecule has 2 heterocycles. The average molecular weight is 423 g/mol. The Kier molecular flexibility index (Phi) is 4.93. The Hall–Kier alpha value is -3.66. The van der Waals surface area contributed by atoms with Crippen LogP contribution in [0.3, 0.4) is 0 Å². The van der Waals surface area contributed by atoms with Gasteiger partial charge in [0.05, 0.1) is 11.3 Å². The minimum absolute atomic E-state index is 0.242. The average Bonchev–Trinajstić information content (AvgIpc) is 3.05. The molecule has 0 saturated carbocycles. The summed E-state index contributed by atoms with van der Waals surface area (Å²) in [7, 11) is 0. The van der Waals surface area contributed by atoms with Gasteiger partial charge in [0.25, 0.3) is 11.8 Å². The lowest BCUT2D eigenvalue weighted by atomic mass is 9.96. The predicted octanol–water partition coefficient (Wildman–Crippen LogP) is 4.95. The second-order valence-electron chi connectivity index (χ2n) is 8.75. The number of carbonyl (C=O) groups is 2. The highest BCUT2D eigenvalue weighted by atomic mass is 16.2. The van der Waals surface area contributed by atoms with Crippen LogP contribution in [0.4, 0.5) is 5.69 Å². The third-order valence-corrected chi connectivity index (χ3v) is 6.56. The molecule has 0 N–H and O–H groups in total. The summed E-state index contributed by atoms with van der Waals surface area (Å²) in [6, 6.07) is 21.9. The van der Waals surface area contributed by atoms with Crippen LogP contribution in [-0.4, -0.2) is 23.3 Å². The summed E-state index contributed by atoms with van der Waals surface area (Å²) in [5.74, 6) is -0.495. The summed E-state index contributed by atoms with van der Waals surface area (Å²) in [6.07, 6.45) is 0.853. The van der Waals surface area contributed by atoms with Crippen LogP contribution in [0.5, 0.6) is 0 Å². The van der Waals surface area contributed by atoms with Crippen molar-refractivity contribution in [3.8, 4) is 0 Å². The van der Waals surface area contributed by atoms with Gasteiger partial charge in [-0.1, -0.05) is 54.6 Å². The summed E-state index contributed by atoms with van der Waals surface area (Å²) >= 11 is 0. The molecule has 0 unspecified atom stereocenters. The van der Waals surface area contributed by atoms with E-state index in [9.17, 15) is 9.59 Å². The SMILES string of the molecule is Cc1cccc(N2C(=O)C(c3ccc(C)c(C)c3)=C(N3CCc4ccccc4C3)C2=O)c1. The second kappa shape index (κ2) is 7.79. The van der Waals surface area contributed by atoms with Crippen LogP contribution in [0.15, 0.2) is 72.4 Å². The van der Waals surface area contributed by atoms with E-state index in [2.05, 4.69) is 30.0 Å². The molecule has 5 rings (SSSR count).